The molecule has 1 rings (SSSR count). The first-order valence-corrected chi connectivity index (χ1v) is 6.68. The van der Waals surface area contributed by atoms with Crippen LogP contribution >= 0.6 is 0 Å². The molecule has 3 N–H and O–H groups in total. The van der Waals surface area contributed by atoms with Gasteiger partial charge in [-0.1, -0.05) is 18.6 Å². The maximum Gasteiger partial charge on any atom is 0.165 e. The van der Waals surface area contributed by atoms with Gasteiger partial charge in [-0.2, -0.15) is 0 Å². The lowest BCUT2D eigenvalue weighted by molar-refractivity contribution is 0.382. The molecule has 0 bridgehead atoms. The van der Waals surface area contributed by atoms with E-state index in [2.05, 4.69) is 17.8 Å². The van der Waals surface area contributed by atoms with Crippen molar-refractivity contribution in [1.29, 1.82) is 0 Å². The number of allylic oxidation sites excluding steroid dienone is 2. The van der Waals surface area contributed by atoms with E-state index in [-0.39, 0.29) is 28.9 Å². The van der Waals surface area contributed by atoms with E-state index in [0.717, 1.165) is 12.8 Å². The van der Waals surface area contributed by atoms with Crippen molar-refractivity contribution >= 4 is 12.4 Å². The topological polar surface area (TPSA) is 73.1 Å². The first-order chi connectivity index (χ1) is 9.31. The predicted molar refractivity (Wildman–Crippen MR) is 82.5 cm³/mol. The number of aromatic hydroxyl groups is 3. The fourth-order valence-corrected chi connectivity index (χ4v) is 2.26. The number of rotatable bonds is 5. The van der Waals surface area contributed by atoms with E-state index in [1.54, 1.807) is 6.92 Å². The molecule has 4 heteroatoms. The van der Waals surface area contributed by atoms with Gasteiger partial charge in [-0.05, 0) is 46.2 Å². The Hall–Kier alpha value is -1.97. The smallest absolute Gasteiger partial charge is 0.165 e. The number of hydrogen-bond donors (Lipinski definition) is 3. The molecule has 0 aliphatic heterocycles. The third kappa shape index (κ3) is 3.13. The van der Waals surface area contributed by atoms with Crippen molar-refractivity contribution in [3.8, 4) is 17.2 Å². The van der Waals surface area contributed by atoms with Gasteiger partial charge in [-0.15, -0.1) is 0 Å². The second kappa shape index (κ2) is 6.46. The number of hydrogen-bond acceptors (Lipinski definition) is 4. The summed E-state index contributed by atoms with van der Waals surface area (Å²) >= 11 is 0. The highest BCUT2D eigenvalue weighted by Crippen LogP contribution is 2.49. The molecule has 0 saturated carbocycles. The third-order valence-electron chi connectivity index (χ3n) is 3.47. The van der Waals surface area contributed by atoms with Crippen molar-refractivity contribution in [3.05, 3.63) is 22.8 Å². The van der Waals surface area contributed by atoms with Crippen LogP contribution in [0.5, 0.6) is 17.2 Å². The Bertz CT molecular complexity index is 543. The van der Waals surface area contributed by atoms with Gasteiger partial charge < -0.3 is 15.3 Å². The van der Waals surface area contributed by atoms with Crippen molar-refractivity contribution in [2.75, 3.05) is 0 Å². The Kier molecular flexibility index (Phi) is 5.19. The molecule has 1 aromatic rings. The second-order valence-electron chi connectivity index (χ2n) is 5.35. The van der Waals surface area contributed by atoms with Crippen molar-refractivity contribution < 1.29 is 15.3 Å². The van der Waals surface area contributed by atoms with Gasteiger partial charge >= 0.3 is 0 Å². The van der Waals surface area contributed by atoms with E-state index < -0.39 is 0 Å². The summed E-state index contributed by atoms with van der Waals surface area (Å²) in [7, 11) is 0. The molecule has 0 aliphatic carbocycles. The highest BCUT2D eigenvalue weighted by atomic mass is 16.3. The molecule has 1 atom stereocenters. The molecule has 0 unspecified atom stereocenters. The number of phenols is 3. The van der Waals surface area contributed by atoms with Crippen LogP contribution in [0.15, 0.2) is 16.6 Å². The van der Waals surface area contributed by atoms with E-state index >= 15 is 0 Å². The van der Waals surface area contributed by atoms with E-state index in [1.807, 2.05) is 20.8 Å². The lowest BCUT2D eigenvalue weighted by atomic mass is 9.91. The van der Waals surface area contributed by atoms with Crippen LogP contribution in [0.1, 0.15) is 50.7 Å². The second-order valence-corrected chi connectivity index (χ2v) is 5.35. The molecule has 0 heterocycles. The van der Waals surface area contributed by atoms with Crippen molar-refractivity contribution in [2.45, 2.75) is 46.5 Å². The van der Waals surface area contributed by atoms with Crippen LogP contribution in [0.4, 0.5) is 5.69 Å². The highest BCUT2D eigenvalue weighted by molar-refractivity contribution is 5.72. The molecule has 1 aromatic carbocycles. The largest absolute Gasteiger partial charge is 0.505 e. The van der Waals surface area contributed by atoms with Crippen LogP contribution in [-0.4, -0.2) is 22.0 Å². The fraction of sp³-hybridized carbons (Fsp3) is 0.438. The van der Waals surface area contributed by atoms with E-state index in [9.17, 15) is 15.3 Å². The van der Waals surface area contributed by atoms with Gasteiger partial charge in [0.2, 0.25) is 0 Å². The van der Waals surface area contributed by atoms with Gasteiger partial charge in [0.15, 0.2) is 11.5 Å². The number of phenolic OH excluding ortho intramolecular Hbond substituents is 3. The molecular weight excluding hydrogens is 254 g/mol. The van der Waals surface area contributed by atoms with Gasteiger partial charge in [0, 0.05) is 11.1 Å². The van der Waals surface area contributed by atoms with Crippen LogP contribution in [0.2, 0.25) is 0 Å². The van der Waals surface area contributed by atoms with E-state index in [0.29, 0.717) is 11.1 Å². The van der Waals surface area contributed by atoms with Crippen LogP contribution in [0.25, 0.3) is 0 Å². The van der Waals surface area contributed by atoms with Gasteiger partial charge in [0.25, 0.3) is 0 Å². The zero-order valence-corrected chi connectivity index (χ0v) is 12.6. The van der Waals surface area contributed by atoms with E-state index in [1.165, 1.54) is 5.57 Å². The third-order valence-corrected chi connectivity index (χ3v) is 3.47. The minimum atomic E-state index is -0.267. The maximum atomic E-state index is 10.2. The lowest BCUT2D eigenvalue weighted by Gasteiger charge is -2.18. The van der Waals surface area contributed by atoms with Crippen LogP contribution in [0.3, 0.4) is 0 Å². The molecule has 0 radical (unpaired) electrons. The van der Waals surface area contributed by atoms with Crippen LogP contribution < -0.4 is 0 Å². The summed E-state index contributed by atoms with van der Waals surface area (Å²) in [4.78, 5) is 3.74. The number of nitrogens with zero attached hydrogens (tertiary/aromatic N) is 1. The van der Waals surface area contributed by atoms with Gasteiger partial charge in [-0.3, -0.25) is 4.99 Å². The Morgan fingerprint density at radius 3 is 2.30 bits per heavy atom. The lowest BCUT2D eigenvalue weighted by Crippen LogP contribution is -1.97. The van der Waals surface area contributed by atoms with Crippen molar-refractivity contribution in [1.82, 2.24) is 0 Å². The zero-order chi connectivity index (χ0) is 15.4. The molecule has 0 fully saturated rings. The molecular formula is C16H23NO3. The molecule has 0 spiro atoms. The molecule has 0 aliphatic rings. The Labute approximate surface area is 120 Å². The predicted octanol–water partition coefficient (Wildman–Crippen LogP) is 4.29. The first-order valence-electron chi connectivity index (χ1n) is 6.68. The van der Waals surface area contributed by atoms with Gasteiger partial charge in [0.05, 0.1) is 0 Å². The molecule has 4 nitrogen and oxygen atoms in total. The zero-order valence-electron chi connectivity index (χ0n) is 12.6. The molecule has 0 aromatic heterocycles. The summed E-state index contributed by atoms with van der Waals surface area (Å²) in [5, 5.41) is 30.2. The standard InChI is InChI=1S/C16H23NO3/c1-9(2)7-6-8-10(3)12-15(19)13(17-5)11(4)14(18)16(12)20/h7,10,18-20H,5-6,8H2,1-4H3/t10-/m1/s1. The summed E-state index contributed by atoms with van der Waals surface area (Å²) in [5.74, 6) is -0.707. The normalized spacial score (nSPS) is 12.0. The highest BCUT2D eigenvalue weighted by Gasteiger charge is 2.24. The monoisotopic (exact) mass is 277 g/mol. The first kappa shape index (κ1) is 16.1. The summed E-state index contributed by atoms with van der Waals surface area (Å²) < 4.78 is 0. The summed E-state index contributed by atoms with van der Waals surface area (Å²) in [5.41, 5.74) is 2.11. The molecule has 110 valence electrons. The summed E-state index contributed by atoms with van der Waals surface area (Å²) in [6, 6.07) is 0. The van der Waals surface area contributed by atoms with Crippen LogP contribution in [-0.2, 0) is 0 Å². The SMILES string of the molecule is C=Nc1c(C)c(O)c(O)c([C@H](C)CCC=C(C)C)c1O. The average molecular weight is 277 g/mol. The van der Waals surface area contributed by atoms with Crippen molar-refractivity contribution in [3.63, 3.8) is 0 Å². The Morgan fingerprint density at radius 2 is 1.80 bits per heavy atom. The minimum absolute atomic E-state index is 0.0994. The van der Waals surface area contributed by atoms with E-state index in [4.69, 9.17) is 0 Å². The fourth-order valence-electron chi connectivity index (χ4n) is 2.26. The summed E-state index contributed by atoms with van der Waals surface area (Å²) in [6.07, 6.45) is 3.70. The van der Waals surface area contributed by atoms with Crippen molar-refractivity contribution in [2.24, 2.45) is 4.99 Å². The van der Waals surface area contributed by atoms with Gasteiger partial charge in [-0.25, -0.2) is 0 Å². The molecule has 0 amide bonds. The minimum Gasteiger partial charge on any atom is -0.505 e. The maximum absolute atomic E-state index is 10.2. The van der Waals surface area contributed by atoms with Crippen LogP contribution in [0, 0.1) is 6.92 Å². The summed E-state index contributed by atoms with van der Waals surface area (Å²) in [6.45, 7) is 10.9. The number of benzene rings is 1. The number of aliphatic imine (C=N–C) groups is 1. The Morgan fingerprint density at radius 1 is 1.20 bits per heavy atom. The molecule has 0 saturated heterocycles. The average Bonchev–Trinajstić information content (AvgIpc) is 2.36. The molecule has 20 heavy (non-hydrogen) atoms. The quantitative estimate of drug-likeness (QED) is 0.325. The Balaban J connectivity index is 3.20. The van der Waals surface area contributed by atoms with Gasteiger partial charge in [0.1, 0.15) is 11.4 Å².